The lowest BCUT2D eigenvalue weighted by Crippen LogP contribution is -1.96. The second kappa shape index (κ2) is 19.9. The van der Waals surface area contributed by atoms with E-state index in [0.29, 0.717) is 0 Å². The Balaban J connectivity index is 0.772. The van der Waals surface area contributed by atoms with E-state index in [9.17, 15) is 0 Å². The predicted molar refractivity (Wildman–Crippen MR) is 369 cm³/mol. The van der Waals surface area contributed by atoms with Crippen molar-refractivity contribution in [2.45, 2.75) is 0 Å². The highest BCUT2D eigenvalue weighted by Crippen LogP contribution is 2.43. The monoisotopic (exact) mass is 1120 g/mol. The van der Waals surface area contributed by atoms with Gasteiger partial charge in [0.25, 0.3) is 0 Å². The van der Waals surface area contributed by atoms with Crippen LogP contribution in [0.3, 0.4) is 0 Å². The zero-order valence-electron chi connectivity index (χ0n) is 47.8. The quantitative estimate of drug-likeness (QED) is 0.142. The van der Waals surface area contributed by atoms with E-state index in [1.165, 1.54) is 76.2 Å². The molecular weight excluding hydrogens is 1070 g/mol. The van der Waals surface area contributed by atoms with Crippen molar-refractivity contribution < 1.29 is 0 Å². The van der Waals surface area contributed by atoms with Gasteiger partial charge < -0.3 is 18.3 Å². The van der Waals surface area contributed by atoms with E-state index in [0.717, 1.165) is 89.7 Å². The van der Waals surface area contributed by atoms with Crippen LogP contribution in [0.5, 0.6) is 0 Å². The molecule has 0 aliphatic heterocycles. The van der Waals surface area contributed by atoms with Crippen LogP contribution >= 0.6 is 0 Å². The lowest BCUT2D eigenvalue weighted by Gasteiger charge is -2.16. The van der Waals surface area contributed by atoms with Gasteiger partial charge in [0.05, 0.1) is 55.5 Å². The number of hydrogen-bond acceptors (Lipinski definition) is 1. The minimum atomic E-state index is 0.934. The van der Waals surface area contributed by atoms with Crippen molar-refractivity contribution in [3.63, 3.8) is 0 Å². The van der Waals surface area contributed by atoms with Gasteiger partial charge in [-0.25, -0.2) is 4.98 Å². The minimum Gasteiger partial charge on any atom is -0.309 e. The molecule has 5 aromatic heterocycles. The molecule has 0 aliphatic rings. The van der Waals surface area contributed by atoms with E-state index in [1.54, 1.807) is 0 Å². The summed E-state index contributed by atoms with van der Waals surface area (Å²) in [4.78, 5) is 5.26. The fourth-order valence-electron chi connectivity index (χ4n) is 14.2. The molecule has 5 heteroatoms. The molecule has 0 spiro atoms. The summed E-state index contributed by atoms with van der Waals surface area (Å²) in [6.45, 7) is 0. The summed E-state index contributed by atoms with van der Waals surface area (Å²) in [7, 11) is 0. The molecule has 88 heavy (non-hydrogen) atoms. The molecule has 18 aromatic rings. The molecule has 5 nitrogen and oxygen atoms in total. The van der Waals surface area contributed by atoms with Crippen molar-refractivity contribution in [2.75, 3.05) is 0 Å². The Hall–Kier alpha value is -11.8. The molecule has 0 aliphatic carbocycles. The Labute approximate surface area is 507 Å². The molecule has 0 fully saturated rings. The number of benzene rings is 13. The van der Waals surface area contributed by atoms with Crippen molar-refractivity contribution in [1.82, 2.24) is 23.3 Å². The van der Waals surface area contributed by atoms with E-state index < -0.39 is 0 Å². The van der Waals surface area contributed by atoms with Crippen molar-refractivity contribution >= 4 is 87.2 Å². The maximum absolute atomic E-state index is 5.26. The molecule has 13 aromatic carbocycles. The first kappa shape index (κ1) is 49.6. The standard InChI is InChI=1S/C83H53N5/c1-3-19-56(20-4-1)74-50-59(51-75(84-74)57-21-5-2-6-22-57)58-39-46-64(54-35-40-60(41-36-54)85-80-33-17-11-27-69(80)72-52-62(44-47-82(72)85)87-76-29-13-7-23-65(76)66-24-8-14-30-77(66)87)71(49-58)55-37-42-61(43-38-55)86-81-34-18-12-28-70(81)73-53-63(45-48-83(73)86)88-78-31-15-9-25-67(78)68-26-10-16-32-79(68)88/h1-53H. The van der Waals surface area contributed by atoms with Crippen LogP contribution in [-0.4, -0.2) is 23.3 Å². The number of rotatable bonds is 9. The molecule has 0 unspecified atom stereocenters. The number of fused-ring (bicyclic) bond motifs is 12. The van der Waals surface area contributed by atoms with Crippen molar-refractivity contribution in [2.24, 2.45) is 0 Å². The van der Waals surface area contributed by atoms with Crippen LogP contribution in [-0.2, 0) is 0 Å². The second-order valence-electron chi connectivity index (χ2n) is 23.1. The van der Waals surface area contributed by atoms with Gasteiger partial charge in [-0.1, -0.05) is 206 Å². The molecular formula is C83H53N5. The smallest absolute Gasteiger partial charge is 0.0715 e. The first-order valence-electron chi connectivity index (χ1n) is 30.2. The van der Waals surface area contributed by atoms with Gasteiger partial charge in [0.2, 0.25) is 0 Å². The first-order valence-corrected chi connectivity index (χ1v) is 30.2. The molecule has 18 rings (SSSR count). The van der Waals surface area contributed by atoms with Gasteiger partial charge in [0, 0.05) is 77.0 Å². The van der Waals surface area contributed by atoms with E-state index in [-0.39, 0.29) is 0 Å². The van der Waals surface area contributed by atoms with Crippen LogP contribution in [0.1, 0.15) is 0 Å². The Morgan fingerprint density at radius 1 is 0.170 bits per heavy atom. The average molecular weight is 1120 g/mol. The van der Waals surface area contributed by atoms with Gasteiger partial charge in [-0.3, -0.25) is 0 Å². The largest absolute Gasteiger partial charge is 0.309 e. The highest BCUT2D eigenvalue weighted by atomic mass is 15.0. The van der Waals surface area contributed by atoms with Crippen LogP contribution in [0.4, 0.5) is 0 Å². The van der Waals surface area contributed by atoms with E-state index in [4.69, 9.17) is 4.98 Å². The Bertz CT molecular complexity index is 5620. The summed E-state index contributed by atoms with van der Waals surface area (Å²) in [5, 5.41) is 9.89. The SMILES string of the molecule is c1ccc(-c2cc(-c3ccc(-c4ccc(-n5c6ccccc6c6cc(-n7c8ccccc8c8ccccc87)ccc65)cc4)c(-c4ccc(-n5c6ccccc6c6cc(-n7c8ccccc8c8ccccc87)ccc65)cc4)c3)cc(-c3ccccc3)n2)cc1. The average Bonchev–Trinajstić information content (AvgIpc) is 1.84. The summed E-state index contributed by atoms with van der Waals surface area (Å²) in [5.74, 6) is 0. The molecule has 410 valence electrons. The van der Waals surface area contributed by atoms with Crippen LogP contribution in [0.15, 0.2) is 322 Å². The van der Waals surface area contributed by atoms with Crippen molar-refractivity contribution in [3.8, 4) is 78.6 Å². The molecule has 0 N–H and O–H groups in total. The molecule has 0 radical (unpaired) electrons. The summed E-state index contributed by atoms with van der Waals surface area (Å²) in [6, 6.07) is 117. The van der Waals surface area contributed by atoms with E-state index in [1.807, 2.05) is 0 Å². The Kier molecular flexibility index (Phi) is 11.2. The highest BCUT2D eigenvalue weighted by molar-refractivity contribution is 6.14. The van der Waals surface area contributed by atoms with Gasteiger partial charge in [-0.15, -0.1) is 0 Å². The van der Waals surface area contributed by atoms with Gasteiger partial charge in [0.15, 0.2) is 0 Å². The lowest BCUT2D eigenvalue weighted by atomic mass is 9.90. The number of aromatic nitrogens is 5. The van der Waals surface area contributed by atoms with Gasteiger partial charge in [-0.2, -0.15) is 0 Å². The molecule has 0 amide bonds. The molecule has 0 saturated heterocycles. The summed E-state index contributed by atoms with van der Waals surface area (Å²) >= 11 is 0. The van der Waals surface area contributed by atoms with Crippen molar-refractivity contribution in [3.05, 3.63) is 322 Å². The number of pyridine rings is 1. The number of nitrogens with zero attached hydrogens (tertiary/aromatic N) is 5. The van der Waals surface area contributed by atoms with Gasteiger partial charge in [0.1, 0.15) is 0 Å². The molecule has 5 heterocycles. The van der Waals surface area contributed by atoms with Crippen LogP contribution in [0.2, 0.25) is 0 Å². The zero-order chi connectivity index (χ0) is 57.8. The maximum Gasteiger partial charge on any atom is 0.0715 e. The maximum atomic E-state index is 5.26. The fraction of sp³-hybridized carbons (Fsp3) is 0. The Morgan fingerprint density at radius 2 is 0.466 bits per heavy atom. The number of para-hydroxylation sites is 6. The third kappa shape index (κ3) is 7.84. The summed E-state index contributed by atoms with van der Waals surface area (Å²) in [5.41, 5.74) is 24.8. The van der Waals surface area contributed by atoms with Crippen LogP contribution < -0.4 is 0 Å². The van der Waals surface area contributed by atoms with Crippen LogP contribution in [0.25, 0.3) is 166 Å². The van der Waals surface area contributed by atoms with E-state index >= 15 is 0 Å². The van der Waals surface area contributed by atoms with Crippen LogP contribution in [0, 0.1) is 0 Å². The van der Waals surface area contributed by atoms with Crippen molar-refractivity contribution in [1.29, 1.82) is 0 Å². The molecule has 0 atom stereocenters. The molecule has 0 bridgehead atoms. The van der Waals surface area contributed by atoms with E-state index in [2.05, 4.69) is 340 Å². The predicted octanol–water partition coefficient (Wildman–Crippen LogP) is 21.8. The fourth-order valence-corrected chi connectivity index (χ4v) is 14.2. The minimum absolute atomic E-state index is 0.934. The summed E-state index contributed by atoms with van der Waals surface area (Å²) in [6.07, 6.45) is 0. The topological polar surface area (TPSA) is 32.6 Å². The van der Waals surface area contributed by atoms with Gasteiger partial charge in [-0.05, 0) is 149 Å². The summed E-state index contributed by atoms with van der Waals surface area (Å²) < 4.78 is 9.67. The zero-order valence-corrected chi connectivity index (χ0v) is 47.8. The number of hydrogen-bond donors (Lipinski definition) is 0. The molecule has 0 saturated carbocycles. The first-order chi connectivity index (χ1) is 43.6. The normalized spacial score (nSPS) is 11.9. The highest BCUT2D eigenvalue weighted by Gasteiger charge is 2.21. The Morgan fingerprint density at radius 3 is 0.852 bits per heavy atom. The third-order valence-corrected chi connectivity index (χ3v) is 18.2. The third-order valence-electron chi connectivity index (χ3n) is 18.2. The van der Waals surface area contributed by atoms with Gasteiger partial charge >= 0.3 is 0 Å². The second-order valence-corrected chi connectivity index (χ2v) is 23.1. The lowest BCUT2D eigenvalue weighted by molar-refractivity contribution is 1.16.